The van der Waals surface area contributed by atoms with Gasteiger partial charge >= 0.3 is 0 Å². The Morgan fingerprint density at radius 2 is 1.48 bits per heavy atom. The van der Waals surface area contributed by atoms with Gasteiger partial charge in [0.2, 0.25) is 0 Å². The predicted octanol–water partition coefficient (Wildman–Crippen LogP) is 4.28. The van der Waals surface area contributed by atoms with Gasteiger partial charge in [0.15, 0.2) is 0 Å². The molecule has 0 N–H and O–H groups in total. The maximum absolute atomic E-state index is 3.65. The van der Waals surface area contributed by atoms with Crippen LogP contribution in [0.5, 0.6) is 0 Å². The Hall–Kier alpha value is -1.42. The van der Waals surface area contributed by atoms with Gasteiger partial charge in [0.25, 0.3) is 0 Å². The minimum Gasteiger partial charge on any atom is -0.297 e. The second-order valence-corrected chi connectivity index (χ2v) is 6.84. The Labute approximate surface area is 147 Å². The van der Waals surface area contributed by atoms with Crippen LogP contribution in [0.4, 0.5) is 0 Å². The topological polar surface area (TPSA) is 6.48 Å². The van der Waals surface area contributed by atoms with E-state index in [9.17, 15) is 0 Å². The molecule has 0 atom stereocenters. The molecule has 3 rings (SSSR count). The lowest BCUT2D eigenvalue weighted by atomic mass is 10.2. The number of piperazine rings is 1. The fourth-order valence-electron chi connectivity index (χ4n) is 2.90. The van der Waals surface area contributed by atoms with Crippen LogP contribution < -0.4 is 0 Å². The van der Waals surface area contributed by atoms with Crippen molar-refractivity contribution in [1.29, 1.82) is 0 Å². The largest absolute Gasteiger partial charge is 0.297 e. The van der Waals surface area contributed by atoms with Crippen molar-refractivity contribution in [2.24, 2.45) is 0 Å². The van der Waals surface area contributed by atoms with Gasteiger partial charge in [-0.05, 0) is 17.2 Å². The molecule has 1 aliphatic heterocycles. The third-order valence-corrected chi connectivity index (χ3v) is 5.06. The summed E-state index contributed by atoms with van der Waals surface area (Å²) < 4.78 is 1.22. The van der Waals surface area contributed by atoms with Crippen LogP contribution in [0.2, 0.25) is 0 Å². The molecule has 0 saturated carbocycles. The van der Waals surface area contributed by atoms with E-state index in [1.807, 2.05) is 0 Å². The van der Waals surface area contributed by atoms with Crippen molar-refractivity contribution in [2.45, 2.75) is 6.54 Å². The Morgan fingerprint density at radius 3 is 2.22 bits per heavy atom. The van der Waals surface area contributed by atoms with Crippen molar-refractivity contribution in [3.05, 3.63) is 76.3 Å². The molecule has 2 aromatic rings. The van der Waals surface area contributed by atoms with E-state index < -0.39 is 0 Å². The van der Waals surface area contributed by atoms with Crippen LogP contribution in [0.15, 0.2) is 65.1 Å². The van der Waals surface area contributed by atoms with Gasteiger partial charge in [-0.1, -0.05) is 76.6 Å². The van der Waals surface area contributed by atoms with Crippen molar-refractivity contribution in [3.8, 4) is 0 Å². The molecule has 0 aromatic heterocycles. The molecule has 23 heavy (non-hydrogen) atoms. The van der Waals surface area contributed by atoms with E-state index in [-0.39, 0.29) is 0 Å². The Balaban J connectivity index is 1.44. The maximum Gasteiger partial charge on any atom is 0.0246 e. The quantitative estimate of drug-likeness (QED) is 0.774. The number of benzene rings is 2. The SMILES string of the molecule is Brc1ccccc1CN1CCN(C/C=C/c2ccccc2)CC1. The third-order valence-electron chi connectivity index (χ3n) is 4.29. The molecule has 0 spiro atoms. The lowest BCUT2D eigenvalue weighted by Crippen LogP contribution is -2.45. The molecule has 1 heterocycles. The van der Waals surface area contributed by atoms with E-state index in [0.717, 1.165) is 39.3 Å². The summed E-state index contributed by atoms with van der Waals surface area (Å²) in [6.45, 7) is 6.64. The van der Waals surface area contributed by atoms with Crippen molar-refractivity contribution >= 4 is 22.0 Å². The van der Waals surface area contributed by atoms with Crippen LogP contribution >= 0.6 is 15.9 Å². The molecule has 1 aliphatic rings. The van der Waals surface area contributed by atoms with Gasteiger partial charge in [-0.3, -0.25) is 9.80 Å². The maximum atomic E-state index is 3.65. The van der Waals surface area contributed by atoms with E-state index in [4.69, 9.17) is 0 Å². The molecule has 0 bridgehead atoms. The molecule has 2 nitrogen and oxygen atoms in total. The summed E-state index contributed by atoms with van der Waals surface area (Å²) in [7, 11) is 0. The first-order valence-corrected chi connectivity index (χ1v) is 9.00. The molecule has 0 unspecified atom stereocenters. The summed E-state index contributed by atoms with van der Waals surface area (Å²) in [6, 6.07) is 19.0. The number of halogens is 1. The summed E-state index contributed by atoms with van der Waals surface area (Å²) in [5.74, 6) is 0. The summed E-state index contributed by atoms with van der Waals surface area (Å²) in [6.07, 6.45) is 4.49. The first-order chi connectivity index (χ1) is 11.3. The average molecular weight is 371 g/mol. The molecule has 0 aliphatic carbocycles. The lowest BCUT2D eigenvalue weighted by molar-refractivity contribution is 0.137. The molecule has 2 aromatic carbocycles. The van der Waals surface area contributed by atoms with E-state index >= 15 is 0 Å². The number of rotatable bonds is 5. The predicted molar refractivity (Wildman–Crippen MR) is 101 cm³/mol. The Kier molecular flexibility index (Phi) is 6.03. The molecular weight excluding hydrogens is 348 g/mol. The molecule has 1 fully saturated rings. The zero-order valence-corrected chi connectivity index (χ0v) is 15.0. The molecule has 120 valence electrons. The summed E-state index contributed by atoms with van der Waals surface area (Å²) in [5, 5.41) is 0. The van der Waals surface area contributed by atoms with Crippen LogP contribution in [0, 0.1) is 0 Å². The van der Waals surface area contributed by atoms with Crippen molar-refractivity contribution < 1.29 is 0 Å². The summed E-state index contributed by atoms with van der Waals surface area (Å²) in [4.78, 5) is 5.06. The highest BCUT2D eigenvalue weighted by Crippen LogP contribution is 2.18. The third kappa shape index (κ3) is 5.03. The number of hydrogen-bond donors (Lipinski definition) is 0. The van der Waals surface area contributed by atoms with Gasteiger partial charge in [0.1, 0.15) is 0 Å². The summed E-state index contributed by atoms with van der Waals surface area (Å²) >= 11 is 3.65. The zero-order chi connectivity index (χ0) is 15.9. The highest BCUT2D eigenvalue weighted by Gasteiger charge is 2.16. The monoisotopic (exact) mass is 370 g/mol. The second kappa shape index (κ2) is 8.44. The fraction of sp³-hybridized carbons (Fsp3) is 0.300. The van der Waals surface area contributed by atoms with Gasteiger partial charge in [0, 0.05) is 43.7 Å². The first-order valence-electron chi connectivity index (χ1n) is 8.21. The number of hydrogen-bond acceptors (Lipinski definition) is 2. The smallest absolute Gasteiger partial charge is 0.0246 e. The Bertz CT molecular complexity index is 631. The normalized spacial score (nSPS) is 16.9. The van der Waals surface area contributed by atoms with E-state index in [0.29, 0.717) is 0 Å². The van der Waals surface area contributed by atoms with Gasteiger partial charge in [-0.25, -0.2) is 0 Å². The van der Waals surface area contributed by atoms with Gasteiger partial charge in [-0.2, -0.15) is 0 Å². The van der Waals surface area contributed by atoms with Gasteiger partial charge < -0.3 is 0 Å². The van der Waals surface area contributed by atoms with Crippen LogP contribution in [0.1, 0.15) is 11.1 Å². The molecule has 3 heteroatoms. The van der Waals surface area contributed by atoms with Crippen LogP contribution in [0.25, 0.3) is 6.08 Å². The lowest BCUT2D eigenvalue weighted by Gasteiger charge is -2.34. The second-order valence-electron chi connectivity index (χ2n) is 5.98. The highest BCUT2D eigenvalue weighted by molar-refractivity contribution is 9.10. The summed E-state index contributed by atoms with van der Waals surface area (Å²) in [5.41, 5.74) is 2.66. The minimum atomic E-state index is 1.04. The van der Waals surface area contributed by atoms with E-state index in [1.54, 1.807) is 0 Å². The minimum absolute atomic E-state index is 1.04. The average Bonchev–Trinajstić information content (AvgIpc) is 2.59. The standard InChI is InChI=1S/C20H23BrN2/c21-20-11-5-4-10-19(20)17-23-15-13-22(14-16-23)12-6-9-18-7-2-1-3-8-18/h1-11H,12-17H2/b9-6+. The van der Waals surface area contributed by atoms with E-state index in [1.165, 1.54) is 15.6 Å². The molecule has 0 radical (unpaired) electrons. The van der Waals surface area contributed by atoms with E-state index in [2.05, 4.69) is 92.5 Å². The highest BCUT2D eigenvalue weighted by atomic mass is 79.9. The van der Waals surface area contributed by atoms with Gasteiger partial charge in [-0.15, -0.1) is 0 Å². The van der Waals surface area contributed by atoms with Gasteiger partial charge in [0.05, 0.1) is 0 Å². The van der Waals surface area contributed by atoms with Crippen molar-refractivity contribution in [3.63, 3.8) is 0 Å². The van der Waals surface area contributed by atoms with Crippen molar-refractivity contribution in [2.75, 3.05) is 32.7 Å². The first kappa shape index (κ1) is 16.4. The number of nitrogens with zero attached hydrogens (tertiary/aromatic N) is 2. The molecule has 0 amide bonds. The van der Waals surface area contributed by atoms with Crippen LogP contribution in [-0.4, -0.2) is 42.5 Å². The van der Waals surface area contributed by atoms with Crippen LogP contribution in [-0.2, 0) is 6.54 Å². The molecular formula is C20H23BrN2. The van der Waals surface area contributed by atoms with Crippen molar-refractivity contribution in [1.82, 2.24) is 9.80 Å². The van der Waals surface area contributed by atoms with Crippen LogP contribution in [0.3, 0.4) is 0 Å². The Morgan fingerprint density at radius 1 is 0.826 bits per heavy atom. The molecule has 1 saturated heterocycles. The fourth-order valence-corrected chi connectivity index (χ4v) is 3.31. The zero-order valence-electron chi connectivity index (χ0n) is 13.4.